The lowest BCUT2D eigenvalue weighted by atomic mass is 9.99. The number of methoxy groups -OCH3 is 1. The molecule has 0 aliphatic heterocycles. The summed E-state index contributed by atoms with van der Waals surface area (Å²) in [7, 11) is 1.26. The van der Waals surface area contributed by atoms with Gasteiger partial charge in [-0.05, 0) is 19.8 Å². The molecule has 0 fully saturated rings. The zero-order valence-corrected chi connectivity index (χ0v) is 10.2. The molecule has 4 heteroatoms. The monoisotopic (exact) mass is 228 g/mol. The van der Waals surface area contributed by atoms with E-state index < -0.39 is 17.9 Å². The van der Waals surface area contributed by atoms with Crippen LogP contribution in [0.5, 0.6) is 0 Å². The van der Waals surface area contributed by atoms with Gasteiger partial charge in [-0.25, -0.2) is 4.79 Å². The number of carboxylic acids is 1. The highest BCUT2D eigenvalue weighted by molar-refractivity contribution is 5.94. The van der Waals surface area contributed by atoms with Crippen molar-refractivity contribution in [2.75, 3.05) is 7.11 Å². The van der Waals surface area contributed by atoms with Crippen LogP contribution in [0.15, 0.2) is 11.6 Å². The lowest BCUT2D eigenvalue weighted by Crippen LogP contribution is -2.20. The van der Waals surface area contributed by atoms with Gasteiger partial charge in [0.2, 0.25) is 0 Å². The predicted octanol–water partition coefficient (Wildman–Crippen LogP) is 2.39. The number of hydrogen-bond acceptors (Lipinski definition) is 3. The average molecular weight is 228 g/mol. The SMILES string of the molecule is CCCCC/C=C(/C(=O)O)C(C)C(=O)OC. The van der Waals surface area contributed by atoms with Crippen molar-refractivity contribution in [2.45, 2.75) is 39.5 Å². The normalized spacial score (nSPS) is 13.3. The van der Waals surface area contributed by atoms with Crippen LogP contribution in [-0.2, 0) is 14.3 Å². The lowest BCUT2D eigenvalue weighted by Gasteiger charge is -2.09. The first kappa shape index (κ1) is 14.7. The Labute approximate surface area is 96.3 Å². The summed E-state index contributed by atoms with van der Waals surface area (Å²) in [5.74, 6) is -2.26. The lowest BCUT2D eigenvalue weighted by molar-refractivity contribution is -0.146. The topological polar surface area (TPSA) is 63.6 Å². The summed E-state index contributed by atoms with van der Waals surface area (Å²) in [6, 6.07) is 0. The number of carbonyl (C=O) groups excluding carboxylic acids is 1. The third-order valence-electron chi connectivity index (χ3n) is 2.44. The van der Waals surface area contributed by atoms with Crippen LogP contribution in [0.4, 0.5) is 0 Å². The van der Waals surface area contributed by atoms with Crippen LogP contribution < -0.4 is 0 Å². The van der Waals surface area contributed by atoms with Crippen molar-refractivity contribution in [1.29, 1.82) is 0 Å². The first-order valence-corrected chi connectivity index (χ1v) is 5.55. The van der Waals surface area contributed by atoms with E-state index in [2.05, 4.69) is 11.7 Å². The third-order valence-corrected chi connectivity index (χ3v) is 2.44. The number of allylic oxidation sites excluding steroid dienone is 1. The smallest absolute Gasteiger partial charge is 0.332 e. The Bertz CT molecular complexity index is 268. The summed E-state index contributed by atoms with van der Waals surface area (Å²) in [6.07, 6.45) is 5.41. The fourth-order valence-corrected chi connectivity index (χ4v) is 1.40. The van der Waals surface area contributed by atoms with Gasteiger partial charge in [-0.1, -0.05) is 25.8 Å². The van der Waals surface area contributed by atoms with Crippen LogP contribution in [-0.4, -0.2) is 24.2 Å². The summed E-state index contributed by atoms with van der Waals surface area (Å²) in [5, 5.41) is 8.97. The van der Waals surface area contributed by atoms with Gasteiger partial charge in [-0.2, -0.15) is 0 Å². The largest absolute Gasteiger partial charge is 0.478 e. The second-order valence-electron chi connectivity index (χ2n) is 3.71. The molecular weight excluding hydrogens is 208 g/mol. The zero-order valence-electron chi connectivity index (χ0n) is 10.2. The highest BCUT2D eigenvalue weighted by Gasteiger charge is 2.23. The van der Waals surface area contributed by atoms with Crippen molar-refractivity contribution in [3.8, 4) is 0 Å². The van der Waals surface area contributed by atoms with Crippen LogP contribution in [0.3, 0.4) is 0 Å². The first-order valence-electron chi connectivity index (χ1n) is 5.55. The van der Waals surface area contributed by atoms with E-state index in [0.29, 0.717) is 6.42 Å². The van der Waals surface area contributed by atoms with E-state index in [1.165, 1.54) is 7.11 Å². The van der Waals surface area contributed by atoms with E-state index in [1.54, 1.807) is 13.0 Å². The Hall–Kier alpha value is -1.32. The van der Waals surface area contributed by atoms with E-state index >= 15 is 0 Å². The van der Waals surface area contributed by atoms with Gasteiger partial charge in [0.1, 0.15) is 0 Å². The maximum absolute atomic E-state index is 11.2. The maximum atomic E-state index is 11.2. The highest BCUT2D eigenvalue weighted by Crippen LogP contribution is 2.14. The fourth-order valence-electron chi connectivity index (χ4n) is 1.40. The Morgan fingerprint density at radius 2 is 2.00 bits per heavy atom. The number of unbranched alkanes of at least 4 members (excludes halogenated alkanes) is 3. The summed E-state index contributed by atoms with van der Waals surface area (Å²) in [6.45, 7) is 3.63. The summed E-state index contributed by atoms with van der Waals surface area (Å²) < 4.78 is 4.53. The molecule has 0 heterocycles. The summed E-state index contributed by atoms with van der Waals surface area (Å²) in [5.41, 5.74) is 0.128. The van der Waals surface area contributed by atoms with Crippen LogP contribution >= 0.6 is 0 Å². The molecule has 1 unspecified atom stereocenters. The van der Waals surface area contributed by atoms with Gasteiger partial charge in [0.15, 0.2) is 0 Å². The molecule has 0 aromatic heterocycles. The van der Waals surface area contributed by atoms with E-state index in [1.807, 2.05) is 0 Å². The molecule has 92 valence electrons. The van der Waals surface area contributed by atoms with E-state index in [-0.39, 0.29) is 5.57 Å². The molecule has 0 aliphatic rings. The Kier molecular flexibility index (Phi) is 7.25. The maximum Gasteiger partial charge on any atom is 0.332 e. The van der Waals surface area contributed by atoms with Gasteiger partial charge in [0.25, 0.3) is 0 Å². The molecule has 16 heavy (non-hydrogen) atoms. The quantitative estimate of drug-likeness (QED) is 0.413. The molecule has 4 nitrogen and oxygen atoms in total. The molecular formula is C12H20O4. The minimum Gasteiger partial charge on any atom is -0.478 e. The van der Waals surface area contributed by atoms with Crippen LogP contribution in [0.25, 0.3) is 0 Å². The Morgan fingerprint density at radius 1 is 1.38 bits per heavy atom. The van der Waals surface area contributed by atoms with Crippen molar-refractivity contribution < 1.29 is 19.4 Å². The van der Waals surface area contributed by atoms with E-state index in [0.717, 1.165) is 19.3 Å². The molecule has 0 saturated carbocycles. The molecule has 0 radical (unpaired) electrons. The van der Waals surface area contributed by atoms with Crippen LogP contribution in [0, 0.1) is 5.92 Å². The van der Waals surface area contributed by atoms with Crippen LogP contribution in [0.2, 0.25) is 0 Å². The second-order valence-corrected chi connectivity index (χ2v) is 3.71. The van der Waals surface area contributed by atoms with E-state index in [4.69, 9.17) is 5.11 Å². The Morgan fingerprint density at radius 3 is 2.44 bits per heavy atom. The molecule has 0 bridgehead atoms. The average Bonchev–Trinajstić information content (AvgIpc) is 2.26. The van der Waals surface area contributed by atoms with Crippen molar-refractivity contribution >= 4 is 11.9 Å². The van der Waals surface area contributed by atoms with Gasteiger partial charge in [0, 0.05) is 5.57 Å². The molecule has 0 aromatic carbocycles. The summed E-state index contributed by atoms with van der Waals surface area (Å²) in [4.78, 5) is 22.2. The van der Waals surface area contributed by atoms with Gasteiger partial charge in [-0.3, -0.25) is 4.79 Å². The highest BCUT2D eigenvalue weighted by atomic mass is 16.5. The van der Waals surface area contributed by atoms with Crippen molar-refractivity contribution in [2.24, 2.45) is 5.92 Å². The number of esters is 1. The predicted molar refractivity (Wildman–Crippen MR) is 61.0 cm³/mol. The molecule has 1 N–H and O–H groups in total. The third kappa shape index (κ3) is 4.96. The standard InChI is InChI=1S/C12H20O4/c1-4-5-6-7-8-10(11(13)14)9(2)12(15)16-3/h8-9H,4-7H2,1-3H3,(H,13,14)/b10-8+. The second kappa shape index (κ2) is 7.91. The van der Waals surface area contributed by atoms with Gasteiger partial charge in [0.05, 0.1) is 13.0 Å². The molecule has 0 aromatic rings. The molecule has 0 amide bonds. The minimum atomic E-state index is -1.05. The van der Waals surface area contributed by atoms with Crippen molar-refractivity contribution in [1.82, 2.24) is 0 Å². The number of carbonyl (C=O) groups is 2. The molecule has 0 aliphatic carbocycles. The Balaban J connectivity index is 4.48. The van der Waals surface area contributed by atoms with Gasteiger partial charge in [-0.15, -0.1) is 0 Å². The number of aliphatic carboxylic acids is 1. The zero-order chi connectivity index (χ0) is 12.6. The number of rotatable bonds is 7. The number of carboxylic acid groups (broad SMARTS) is 1. The van der Waals surface area contributed by atoms with E-state index in [9.17, 15) is 9.59 Å². The number of hydrogen-bond donors (Lipinski definition) is 1. The molecule has 0 rings (SSSR count). The summed E-state index contributed by atoms with van der Waals surface area (Å²) >= 11 is 0. The van der Waals surface area contributed by atoms with Gasteiger partial charge < -0.3 is 9.84 Å². The first-order chi connectivity index (χ1) is 7.54. The van der Waals surface area contributed by atoms with Gasteiger partial charge >= 0.3 is 11.9 Å². The molecule has 1 atom stereocenters. The molecule has 0 spiro atoms. The fraction of sp³-hybridized carbons (Fsp3) is 0.667. The van der Waals surface area contributed by atoms with Crippen LogP contribution in [0.1, 0.15) is 39.5 Å². The molecule has 0 saturated heterocycles. The van der Waals surface area contributed by atoms with Crippen molar-refractivity contribution in [3.63, 3.8) is 0 Å². The van der Waals surface area contributed by atoms with Crippen molar-refractivity contribution in [3.05, 3.63) is 11.6 Å². The number of ether oxygens (including phenoxy) is 1. The minimum absolute atomic E-state index is 0.128.